The fourth-order valence-corrected chi connectivity index (χ4v) is 9.75. The lowest BCUT2D eigenvalue weighted by molar-refractivity contribution is -0.161. The van der Waals surface area contributed by atoms with Crippen molar-refractivity contribution in [1.29, 1.82) is 0 Å². The van der Waals surface area contributed by atoms with E-state index in [0.29, 0.717) is 25.7 Å². The van der Waals surface area contributed by atoms with Crippen molar-refractivity contribution in [3.63, 3.8) is 0 Å². The van der Waals surface area contributed by atoms with Crippen molar-refractivity contribution >= 4 is 39.5 Å². The third kappa shape index (κ3) is 51.3. The van der Waals surface area contributed by atoms with Gasteiger partial charge in [0.2, 0.25) is 0 Å². The van der Waals surface area contributed by atoms with Crippen LogP contribution in [-0.2, 0) is 65.4 Å². The lowest BCUT2D eigenvalue weighted by Gasteiger charge is -2.21. The van der Waals surface area contributed by atoms with Crippen LogP contribution in [0.15, 0.2) is 0 Å². The molecule has 0 amide bonds. The highest BCUT2D eigenvalue weighted by Gasteiger charge is 2.30. The molecule has 5 atom stereocenters. The van der Waals surface area contributed by atoms with Gasteiger partial charge in [0, 0.05) is 25.7 Å². The first-order valence-electron chi connectivity index (χ1n) is 29.6. The number of phosphoric ester groups is 2. The summed E-state index contributed by atoms with van der Waals surface area (Å²) in [4.78, 5) is 71.2. The van der Waals surface area contributed by atoms with Crippen LogP contribution in [0.5, 0.6) is 0 Å². The van der Waals surface area contributed by atoms with Crippen LogP contribution in [0.4, 0.5) is 0 Å². The summed E-state index contributed by atoms with van der Waals surface area (Å²) in [6.45, 7) is 6.94. The number of aliphatic hydroxyl groups is 1. The topological polar surface area (TPSA) is 237 Å². The van der Waals surface area contributed by atoms with Crippen LogP contribution in [-0.4, -0.2) is 96.7 Å². The molecule has 0 bridgehead atoms. The number of carbonyl (C=O) groups excluding carboxylic acids is 4. The summed E-state index contributed by atoms with van der Waals surface area (Å²) < 4.78 is 67.2. The molecule has 0 spiro atoms. The van der Waals surface area contributed by atoms with Gasteiger partial charge in [-0.1, -0.05) is 221 Å². The van der Waals surface area contributed by atoms with Gasteiger partial charge in [0.1, 0.15) is 19.3 Å². The molecule has 17 nitrogen and oxygen atoms in total. The zero-order valence-electron chi connectivity index (χ0n) is 47.7. The molecular formula is C56H108O17P2. The highest BCUT2D eigenvalue weighted by Crippen LogP contribution is 2.45. The van der Waals surface area contributed by atoms with E-state index in [1.807, 2.05) is 0 Å². The molecule has 444 valence electrons. The Morgan fingerprint density at radius 3 is 0.907 bits per heavy atom. The van der Waals surface area contributed by atoms with Crippen molar-refractivity contribution in [3.8, 4) is 0 Å². The number of rotatable bonds is 56. The fourth-order valence-electron chi connectivity index (χ4n) is 8.17. The normalized spacial score (nSPS) is 14.5. The van der Waals surface area contributed by atoms with Gasteiger partial charge in [-0.15, -0.1) is 0 Å². The van der Waals surface area contributed by atoms with Crippen molar-refractivity contribution in [2.45, 2.75) is 291 Å². The van der Waals surface area contributed by atoms with Gasteiger partial charge in [0.05, 0.1) is 26.4 Å². The summed E-state index contributed by atoms with van der Waals surface area (Å²) in [5.41, 5.74) is 0. The predicted molar refractivity (Wildman–Crippen MR) is 294 cm³/mol. The molecule has 0 aliphatic heterocycles. The number of hydrogen-bond acceptors (Lipinski definition) is 15. The average Bonchev–Trinajstić information content (AvgIpc) is 3.37. The minimum absolute atomic E-state index is 0.0987. The number of ether oxygens (including phenoxy) is 4. The summed E-state index contributed by atoms with van der Waals surface area (Å²) >= 11 is 0. The largest absolute Gasteiger partial charge is 0.472 e. The summed E-state index contributed by atoms with van der Waals surface area (Å²) in [5.74, 6) is -1.37. The van der Waals surface area contributed by atoms with Gasteiger partial charge in [-0.2, -0.15) is 0 Å². The predicted octanol–water partition coefficient (Wildman–Crippen LogP) is 14.7. The number of unbranched alkanes of at least 4 members (excludes halogenated alkanes) is 28. The standard InChI is InChI=1S/C56H108O17P2/c1-6-9-12-15-16-26-31-35-40-54(59)67-46-52(73-56(61)42-37-32-27-24-22-20-18-17-19-21-23-25-30-33-38-49(4)5)48-71-75(64,65)69-44-50(57)43-68-74(62,63)70-47-51(72-55(60)41-36-29-14-11-8-3)45-66-53(58)39-34-28-13-10-7-2/h49-52,57H,6-48H2,1-5H3,(H,62,63)(H,64,65)/t50-,51+,52+/m0/s1. The zero-order chi connectivity index (χ0) is 55.7. The first kappa shape index (κ1) is 73.1. The second-order valence-electron chi connectivity index (χ2n) is 20.8. The lowest BCUT2D eigenvalue weighted by Crippen LogP contribution is -2.30. The van der Waals surface area contributed by atoms with Crippen LogP contribution < -0.4 is 0 Å². The molecule has 0 radical (unpaired) electrons. The molecule has 0 aromatic rings. The molecule has 0 aromatic heterocycles. The molecule has 3 N–H and O–H groups in total. The van der Waals surface area contributed by atoms with Crippen molar-refractivity contribution in [2.24, 2.45) is 5.92 Å². The first-order valence-corrected chi connectivity index (χ1v) is 32.6. The van der Waals surface area contributed by atoms with Gasteiger partial charge in [0.25, 0.3) is 0 Å². The smallest absolute Gasteiger partial charge is 0.462 e. The van der Waals surface area contributed by atoms with Crippen LogP contribution in [0.25, 0.3) is 0 Å². The number of aliphatic hydroxyl groups excluding tert-OH is 1. The van der Waals surface area contributed by atoms with Gasteiger partial charge in [0.15, 0.2) is 12.2 Å². The summed E-state index contributed by atoms with van der Waals surface area (Å²) in [6.07, 6.45) is 31.6. The van der Waals surface area contributed by atoms with Crippen molar-refractivity contribution in [3.05, 3.63) is 0 Å². The number of esters is 4. The third-order valence-corrected chi connectivity index (χ3v) is 14.7. The number of phosphoric acid groups is 2. The van der Waals surface area contributed by atoms with E-state index >= 15 is 0 Å². The minimum Gasteiger partial charge on any atom is -0.462 e. The lowest BCUT2D eigenvalue weighted by atomic mass is 10.0. The van der Waals surface area contributed by atoms with E-state index in [1.54, 1.807) is 0 Å². The molecule has 0 saturated carbocycles. The van der Waals surface area contributed by atoms with Gasteiger partial charge >= 0.3 is 39.5 Å². The highest BCUT2D eigenvalue weighted by atomic mass is 31.2. The molecular weight excluding hydrogens is 1010 g/mol. The SMILES string of the molecule is CCCCCCCCCCC(=O)OC[C@H](COP(=O)(O)OC[C@@H](O)COP(=O)(O)OC[C@@H](COC(=O)CCCCCCC)OC(=O)CCCCCCC)OC(=O)CCCCCCCCCCCCCCCCC(C)C. The van der Waals surface area contributed by atoms with Crippen LogP contribution in [0.1, 0.15) is 272 Å². The Morgan fingerprint density at radius 1 is 0.360 bits per heavy atom. The van der Waals surface area contributed by atoms with E-state index in [4.69, 9.17) is 37.0 Å². The summed E-state index contributed by atoms with van der Waals surface area (Å²) in [5, 5.41) is 10.4. The quantitative estimate of drug-likeness (QED) is 0.0222. The molecule has 0 heterocycles. The molecule has 19 heteroatoms. The van der Waals surface area contributed by atoms with Gasteiger partial charge < -0.3 is 33.8 Å². The maximum Gasteiger partial charge on any atom is 0.472 e. The third-order valence-electron chi connectivity index (χ3n) is 12.8. The molecule has 0 aromatic carbocycles. The van der Waals surface area contributed by atoms with E-state index in [9.17, 15) is 43.2 Å². The van der Waals surface area contributed by atoms with Crippen LogP contribution in [0.2, 0.25) is 0 Å². The molecule has 0 rings (SSSR count). The Hall–Kier alpha value is -1.94. The van der Waals surface area contributed by atoms with Gasteiger partial charge in [-0.3, -0.25) is 37.3 Å². The number of carbonyl (C=O) groups is 4. The maximum absolute atomic E-state index is 12.9. The average molecular weight is 1120 g/mol. The van der Waals surface area contributed by atoms with Crippen LogP contribution >= 0.6 is 15.6 Å². The van der Waals surface area contributed by atoms with Crippen LogP contribution in [0.3, 0.4) is 0 Å². The first-order chi connectivity index (χ1) is 36.0. The summed E-state index contributed by atoms with van der Waals surface area (Å²) in [7, 11) is -9.85. The van der Waals surface area contributed by atoms with E-state index in [1.165, 1.54) is 83.5 Å². The monoisotopic (exact) mass is 1110 g/mol. The van der Waals surface area contributed by atoms with E-state index < -0.39 is 97.5 Å². The van der Waals surface area contributed by atoms with Crippen LogP contribution in [0, 0.1) is 5.92 Å². The van der Waals surface area contributed by atoms with E-state index in [0.717, 1.165) is 109 Å². The van der Waals surface area contributed by atoms with Crippen molar-refractivity contribution < 1.29 is 80.2 Å². The zero-order valence-corrected chi connectivity index (χ0v) is 49.5. The molecule has 0 aliphatic rings. The molecule has 0 saturated heterocycles. The Labute approximate surface area is 454 Å². The Bertz CT molecular complexity index is 1480. The number of hydrogen-bond donors (Lipinski definition) is 3. The second kappa shape index (κ2) is 50.3. The molecule has 0 aliphatic carbocycles. The highest BCUT2D eigenvalue weighted by molar-refractivity contribution is 7.47. The van der Waals surface area contributed by atoms with E-state index in [2.05, 4.69) is 34.6 Å². The van der Waals surface area contributed by atoms with E-state index in [-0.39, 0.29) is 25.7 Å². The molecule has 0 fully saturated rings. The molecule has 2 unspecified atom stereocenters. The minimum atomic E-state index is -4.93. The summed E-state index contributed by atoms with van der Waals surface area (Å²) in [6, 6.07) is 0. The fraction of sp³-hybridized carbons (Fsp3) is 0.929. The van der Waals surface area contributed by atoms with Gasteiger partial charge in [-0.25, -0.2) is 9.13 Å². The van der Waals surface area contributed by atoms with Crippen molar-refractivity contribution in [2.75, 3.05) is 39.6 Å². The Kier molecular flexibility index (Phi) is 49.0. The Balaban J connectivity index is 5.06. The Morgan fingerprint density at radius 2 is 0.613 bits per heavy atom. The maximum atomic E-state index is 12.9. The van der Waals surface area contributed by atoms with Gasteiger partial charge in [-0.05, 0) is 31.6 Å². The van der Waals surface area contributed by atoms with Crippen molar-refractivity contribution in [1.82, 2.24) is 0 Å². The second-order valence-corrected chi connectivity index (χ2v) is 23.7. The molecule has 75 heavy (non-hydrogen) atoms.